The molecule has 8 nitrogen and oxygen atoms in total. The molecule has 3 heterocycles. The number of benzene rings is 2. The third-order valence-electron chi connectivity index (χ3n) is 6.46. The number of thiocarbonyl (C=S) groups is 1. The van der Waals surface area contributed by atoms with Crippen molar-refractivity contribution >= 4 is 34.9 Å². The Labute approximate surface area is 226 Å². The fourth-order valence-electron chi connectivity index (χ4n) is 4.71. The molecule has 0 saturated carbocycles. The highest BCUT2D eigenvalue weighted by Crippen LogP contribution is 2.39. The van der Waals surface area contributed by atoms with Crippen LogP contribution in [-0.4, -0.2) is 45.1 Å². The predicted molar refractivity (Wildman–Crippen MR) is 149 cm³/mol. The first kappa shape index (κ1) is 25.2. The van der Waals surface area contributed by atoms with E-state index < -0.39 is 5.97 Å². The van der Waals surface area contributed by atoms with Crippen molar-refractivity contribution in [3.8, 4) is 5.69 Å². The first-order valence-electron chi connectivity index (χ1n) is 12.2. The average Bonchev–Trinajstić information content (AvgIpc) is 3.56. The molecule has 9 heteroatoms. The van der Waals surface area contributed by atoms with E-state index in [1.165, 1.54) is 7.11 Å². The summed E-state index contributed by atoms with van der Waals surface area (Å²) >= 11 is 5.77. The van der Waals surface area contributed by atoms with E-state index in [0.29, 0.717) is 17.2 Å². The van der Waals surface area contributed by atoms with E-state index in [0.717, 1.165) is 22.8 Å². The Morgan fingerprint density at radius 2 is 1.84 bits per heavy atom. The molecule has 1 aliphatic rings. The summed E-state index contributed by atoms with van der Waals surface area (Å²) in [6.45, 7) is 0.409. The van der Waals surface area contributed by atoms with Gasteiger partial charge in [0, 0.05) is 42.4 Å². The Kier molecular flexibility index (Phi) is 7.46. The maximum atomic E-state index is 12.8. The van der Waals surface area contributed by atoms with E-state index in [9.17, 15) is 9.59 Å². The zero-order valence-corrected chi connectivity index (χ0v) is 21.6. The molecule has 38 heavy (non-hydrogen) atoms. The first-order valence-corrected chi connectivity index (χ1v) is 12.6. The monoisotopic (exact) mass is 525 g/mol. The normalized spacial score (nSPS) is 16.7. The van der Waals surface area contributed by atoms with Crippen molar-refractivity contribution in [3.05, 3.63) is 114 Å². The summed E-state index contributed by atoms with van der Waals surface area (Å²) in [5.74, 6) is -0.498. The number of rotatable bonds is 8. The van der Waals surface area contributed by atoms with E-state index >= 15 is 0 Å². The van der Waals surface area contributed by atoms with Gasteiger partial charge >= 0.3 is 5.97 Å². The van der Waals surface area contributed by atoms with Gasteiger partial charge in [-0.3, -0.25) is 9.78 Å². The van der Waals surface area contributed by atoms with Crippen LogP contribution >= 0.6 is 12.2 Å². The molecule has 0 radical (unpaired) electrons. The van der Waals surface area contributed by atoms with Crippen molar-refractivity contribution in [2.75, 3.05) is 19.0 Å². The maximum Gasteiger partial charge on any atom is 0.337 e. The van der Waals surface area contributed by atoms with Gasteiger partial charge in [0.25, 0.3) is 0 Å². The second-order valence-electron chi connectivity index (χ2n) is 8.83. The molecule has 0 bridgehead atoms. The highest BCUT2D eigenvalue weighted by atomic mass is 32.1. The van der Waals surface area contributed by atoms with Gasteiger partial charge in [-0.05, 0) is 66.8 Å². The first-order chi connectivity index (χ1) is 18.5. The van der Waals surface area contributed by atoms with Crippen LogP contribution in [0.4, 0.5) is 5.69 Å². The molecule has 192 valence electrons. The summed E-state index contributed by atoms with van der Waals surface area (Å²) in [6, 6.07) is 25.9. The van der Waals surface area contributed by atoms with Crippen LogP contribution in [0.2, 0.25) is 0 Å². The number of esters is 1. The zero-order valence-electron chi connectivity index (χ0n) is 20.8. The molecular formula is C29H27N5O3S. The highest BCUT2D eigenvalue weighted by molar-refractivity contribution is 7.80. The van der Waals surface area contributed by atoms with Gasteiger partial charge in [0.15, 0.2) is 5.11 Å². The second-order valence-corrected chi connectivity index (χ2v) is 9.22. The van der Waals surface area contributed by atoms with Gasteiger partial charge in [-0.2, -0.15) is 0 Å². The molecular weight excluding hydrogens is 498 g/mol. The number of carbonyl (C=O) groups is 2. The molecule has 1 fully saturated rings. The number of nitrogens with one attached hydrogen (secondary N) is 2. The molecule has 0 aliphatic carbocycles. The van der Waals surface area contributed by atoms with Crippen molar-refractivity contribution < 1.29 is 14.3 Å². The van der Waals surface area contributed by atoms with Crippen LogP contribution in [0.25, 0.3) is 5.69 Å². The average molecular weight is 526 g/mol. The third-order valence-corrected chi connectivity index (χ3v) is 6.82. The van der Waals surface area contributed by atoms with Crippen LogP contribution in [0.3, 0.4) is 0 Å². The minimum atomic E-state index is -0.401. The fraction of sp³-hybridized carbons (Fsp3) is 0.172. The number of para-hydroxylation sites is 1. The summed E-state index contributed by atoms with van der Waals surface area (Å²) in [4.78, 5) is 31.6. The van der Waals surface area contributed by atoms with Crippen molar-refractivity contribution in [2.45, 2.75) is 18.5 Å². The number of amides is 1. The van der Waals surface area contributed by atoms with Crippen molar-refractivity contribution in [1.82, 2.24) is 19.8 Å². The molecule has 1 saturated heterocycles. The molecule has 1 aliphatic heterocycles. The van der Waals surface area contributed by atoms with Crippen LogP contribution in [0.15, 0.2) is 97.3 Å². The number of hydrogen-bond donors (Lipinski definition) is 2. The standard InChI is InChI=1S/C29H27N5O3S/c1-37-28(36)20-9-7-12-22(19-20)33-17-8-14-24(33)27-26(23-13-5-6-16-30-23)32-29(38)34(27)18-15-25(35)31-21-10-3-2-4-11-21/h2-14,16-17,19,26-27H,15,18H2,1H3,(H,31,35)(H,32,38)/t26-,27+/m1/s1. The lowest BCUT2D eigenvalue weighted by Crippen LogP contribution is -2.33. The van der Waals surface area contributed by atoms with Gasteiger partial charge < -0.3 is 24.8 Å². The smallest absolute Gasteiger partial charge is 0.337 e. The van der Waals surface area contributed by atoms with Gasteiger partial charge in [0.2, 0.25) is 5.91 Å². The van der Waals surface area contributed by atoms with Gasteiger partial charge in [-0.1, -0.05) is 30.3 Å². The van der Waals surface area contributed by atoms with Crippen LogP contribution < -0.4 is 10.6 Å². The number of methoxy groups -OCH3 is 1. The fourth-order valence-corrected chi connectivity index (χ4v) is 5.04. The minimum Gasteiger partial charge on any atom is -0.465 e. The summed E-state index contributed by atoms with van der Waals surface area (Å²) in [7, 11) is 1.37. The molecule has 2 N–H and O–H groups in total. The summed E-state index contributed by atoms with van der Waals surface area (Å²) in [5.41, 5.74) is 3.81. The van der Waals surface area contributed by atoms with Crippen molar-refractivity contribution in [3.63, 3.8) is 0 Å². The Bertz CT molecular complexity index is 1440. The largest absolute Gasteiger partial charge is 0.465 e. The van der Waals surface area contributed by atoms with Crippen molar-refractivity contribution in [2.24, 2.45) is 0 Å². The van der Waals surface area contributed by atoms with Gasteiger partial charge in [-0.15, -0.1) is 0 Å². The number of nitrogens with zero attached hydrogens (tertiary/aromatic N) is 3. The third kappa shape index (κ3) is 5.28. The molecule has 0 spiro atoms. The Hall–Kier alpha value is -4.50. The number of ether oxygens (including phenoxy) is 1. The molecule has 2 aromatic heterocycles. The van der Waals surface area contributed by atoms with Crippen LogP contribution in [0.1, 0.15) is 40.3 Å². The number of anilines is 1. The summed E-state index contributed by atoms with van der Waals surface area (Å²) < 4.78 is 6.94. The number of pyridine rings is 1. The van der Waals surface area contributed by atoms with Crippen LogP contribution in [0, 0.1) is 0 Å². The number of carbonyl (C=O) groups excluding carboxylic acids is 2. The molecule has 1 amide bonds. The topological polar surface area (TPSA) is 88.5 Å². The van der Waals surface area contributed by atoms with E-state index in [1.54, 1.807) is 18.3 Å². The predicted octanol–water partition coefficient (Wildman–Crippen LogP) is 4.66. The lowest BCUT2D eigenvalue weighted by Gasteiger charge is -2.29. The molecule has 2 aromatic carbocycles. The molecule has 0 unspecified atom stereocenters. The van der Waals surface area contributed by atoms with Crippen LogP contribution in [0.5, 0.6) is 0 Å². The minimum absolute atomic E-state index is 0.0970. The van der Waals surface area contributed by atoms with Gasteiger partial charge in [-0.25, -0.2) is 4.79 Å². The van der Waals surface area contributed by atoms with E-state index in [4.69, 9.17) is 17.0 Å². The Balaban J connectivity index is 1.47. The Morgan fingerprint density at radius 3 is 2.61 bits per heavy atom. The van der Waals surface area contributed by atoms with E-state index in [2.05, 4.69) is 15.6 Å². The van der Waals surface area contributed by atoms with Crippen molar-refractivity contribution in [1.29, 1.82) is 0 Å². The zero-order chi connectivity index (χ0) is 26.5. The lowest BCUT2D eigenvalue weighted by molar-refractivity contribution is -0.116. The van der Waals surface area contributed by atoms with Crippen LogP contribution in [-0.2, 0) is 9.53 Å². The van der Waals surface area contributed by atoms with E-state index in [-0.39, 0.29) is 24.4 Å². The van der Waals surface area contributed by atoms with E-state index in [1.807, 2.05) is 88.5 Å². The quantitative estimate of drug-likeness (QED) is 0.256. The number of hydrogen-bond acceptors (Lipinski definition) is 5. The molecule has 4 aromatic rings. The lowest BCUT2D eigenvalue weighted by atomic mass is 10.0. The SMILES string of the molecule is COC(=O)c1cccc(-n2cccc2[C@H]2[C@@H](c3ccccn3)NC(=S)N2CCC(=O)Nc2ccccc2)c1. The number of aromatic nitrogens is 2. The molecule has 5 rings (SSSR count). The Morgan fingerprint density at radius 1 is 1.03 bits per heavy atom. The summed E-state index contributed by atoms with van der Waals surface area (Å²) in [5, 5.41) is 6.92. The van der Waals surface area contributed by atoms with Gasteiger partial charge in [0.1, 0.15) is 0 Å². The summed E-state index contributed by atoms with van der Waals surface area (Å²) in [6.07, 6.45) is 3.95. The van der Waals surface area contributed by atoms with Gasteiger partial charge in [0.05, 0.1) is 30.5 Å². The highest BCUT2D eigenvalue weighted by Gasteiger charge is 2.41. The maximum absolute atomic E-state index is 12.8. The second kappa shape index (κ2) is 11.3. The molecule has 2 atom stereocenters.